The molecular formula is C25H19BrN2O2S. The van der Waals surface area contributed by atoms with Gasteiger partial charge >= 0.3 is 0 Å². The third-order valence-corrected chi connectivity index (χ3v) is 6.25. The molecule has 1 amide bonds. The fraction of sp³-hybridized carbons (Fsp3) is 0.0800. The molecule has 0 unspecified atom stereocenters. The highest BCUT2D eigenvalue weighted by Gasteiger charge is 2.17. The summed E-state index contributed by atoms with van der Waals surface area (Å²) in [4.78, 5) is 30.5. The highest BCUT2D eigenvalue weighted by Crippen LogP contribution is 2.38. The largest absolute Gasteiger partial charge is 0.302 e. The molecule has 0 saturated carbocycles. The third kappa shape index (κ3) is 5.34. The number of hydrogen-bond donors (Lipinski definition) is 1. The van der Waals surface area contributed by atoms with E-state index in [1.54, 1.807) is 12.1 Å². The maximum atomic E-state index is 12.5. The van der Waals surface area contributed by atoms with Gasteiger partial charge in [-0.05, 0) is 17.7 Å². The Kier molecular flexibility index (Phi) is 6.70. The Bertz CT molecular complexity index is 1130. The Morgan fingerprint density at radius 2 is 1.42 bits per heavy atom. The standard InChI is InChI=1S/C25H19BrN2O2S/c26-20-13-11-17(12-14-20)21(29)15-16-22(30)27-25-28-23(18-7-3-1-4-8-18)24(31-25)19-9-5-2-6-10-19/h1-14H,15-16H2,(H,27,28,30). The summed E-state index contributed by atoms with van der Waals surface area (Å²) in [5.74, 6) is -0.282. The molecule has 0 atom stereocenters. The number of Topliss-reactive ketones (excluding diaryl/α,β-unsaturated/α-hetero) is 1. The van der Waals surface area contributed by atoms with Crippen LogP contribution in [0.25, 0.3) is 21.7 Å². The average molecular weight is 491 g/mol. The summed E-state index contributed by atoms with van der Waals surface area (Å²) in [6, 6.07) is 27.0. The van der Waals surface area contributed by atoms with Gasteiger partial charge in [-0.25, -0.2) is 4.98 Å². The average Bonchev–Trinajstić information content (AvgIpc) is 3.23. The summed E-state index contributed by atoms with van der Waals surface area (Å²) < 4.78 is 0.911. The van der Waals surface area contributed by atoms with Crippen LogP contribution in [-0.2, 0) is 4.79 Å². The lowest BCUT2D eigenvalue weighted by Gasteiger charge is -2.02. The monoisotopic (exact) mass is 490 g/mol. The molecule has 1 heterocycles. The topological polar surface area (TPSA) is 59.1 Å². The molecule has 0 bridgehead atoms. The van der Waals surface area contributed by atoms with E-state index in [0.717, 1.165) is 26.2 Å². The predicted octanol–water partition coefficient (Wildman–Crippen LogP) is 6.84. The molecular weight excluding hydrogens is 472 g/mol. The number of hydrogen-bond acceptors (Lipinski definition) is 4. The summed E-state index contributed by atoms with van der Waals surface area (Å²) in [6.07, 6.45) is 0.256. The highest BCUT2D eigenvalue weighted by atomic mass is 79.9. The number of amides is 1. The predicted molar refractivity (Wildman–Crippen MR) is 129 cm³/mol. The first-order chi connectivity index (χ1) is 15.1. The molecule has 0 fully saturated rings. The number of aromatic nitrogens is 1. The van der Waals surface area contributed by atoms with Crippen molar-refractivity contribution in [2.75, 3.05) is 5.32 Å². The van der Waals surface area contributed by atoms with Crippen molar-refractivity contribution in [3.63, 3.8) is 0 Å². The molecule has 154 valence electrons. The van der Waals surface area contributed by atoms with E-state index in [0.29, 0.717) is 10.7 Å². The second-order valence-corrected chi connectivity index (χ2v) is 8.82. The van der Waals surface area contributed by atoms with Crippen molar-refractivity contribution in [1.29, 1.82) is 0 Å². The molecule has 0 aliphatic rings. The Morgan fingerprint density at radius 1 is 0.806 bits per heavy atom. The number of nitrogens with one attached hydrogen (secondary N) is 1. The number of nitrogens with zero attached hydrogens (tertiary/aromatic N) is 1. The van der Waals surface area contributed by atoms with Gasteiger partial charge in [0.1, 0.15) is 0 Å². The van der Waals surface area contributed by atoms with E-state index in [2.05, 4.69) is 26.2 Å². The minimum atomic E-state index is -0.224. The lowest BCUT2D eigenvalue weighted by Crippen LogP contribution is -2.13. The van der Waals surface area contributed by atoms with Crippen molar-refractivity contribution in [3.05, 3.63) is 95.0 Å². The molecule has 0 saturated heterocycles. The van der Waals surface area contributed by atoms with Crippen molar-refractivity contribution in [1.82, 2.24) is 4.98 Å². The maximum absolute atomic E-state index is 12.5. The Morgan fingerprint density at radius 3 is 2.06 bits per heavy atom. The van der Waals surface area contributed by atoms with Crippen LogP contribution in [0.2, 0.25) is 0 Å². The summed E-state index contributed by atoms with van der Waals surface area (Å²) in [6.45, 7) is 0. The molecule has 1 aromatic heterocycles. The van der Waals surface area contributed by atoms with E-state index in [1.807, 2.05) is 72.8 Å². The van der Waals surface area contributed by atoms with Gasteiger partial charge in [-0.3, -0.25) is 9.59 Å². The summed E-state index contributed by atoms with van der Waals surface area (Å²) in [5.41, 5.74) is 3.47. The van der Waals surface area contributed by atoms with Gasteiger partial charge in [-0.1, -0.05) is 100 Å². The second kappa shape index (κ2) is 9.81. The molecule has 0 radical (unpaired) electrons. The summed E-state index contributed by atoms with van der Waals surface area (Å²) >= 11 is 4.79. The van der Waals surface area contributed by atoms with Crippen molar-refractivity contribution in [3.8, 4) is 21.7 Å². The zero-order chi connectivity index (χ0) is 21.6. The molecule has 0 aliphatic carbocycles. The molecule has 4 aromatic rings. The lowest BCUT2D eigenvalue weighted by atomic mass is 10.1. The van der Waals surface area contributed by atoms with Crippen molar-refractivity contribution < 1.29 is 9.59 Å². The van der Waals surface area contributed by atoms with Gasteiger partial charge in [-0.15, -0.1) is 0 Å². The molecule has 1 N–H and O–H groups in total. The van der Waals surface area contributed by atoms with Crippen molar-refractivity contribution in [2.24, 2.45) is 0 Å². The van der Waals surface area contributed by atoms with E-state index in [4.69, 9.17) is 0 Å². The zero-order valence-corrected chi connectivity index (χ0v) is 18.9. The fourth-order valence-electron chi connectivity index (χ4n) is 3.14. The number of carbonyl (C=O) groups excluding carboxylic acids is 2. The summed E-state index contributed by atoms with van der Waals surface area (Å²) in [7, 11) is 0. The van der Waals surface area contributed by atoms with Crippen LogP contribution in [0, 0.1) is 0 Å². The number of carbonyl (C=O) groups is 2. The van der Waals surface area contributed by atoms with Crippen molar-refractivity contribution in [2.45, 2.75) is 12.8 Å². The first-order valence-corrected chi connectivity index (χ1v) is 11.4. The molecule has 4 rings (SSSR count). The minimum absolute atomic E-state index is 0.0586. The molecule has 4 nitrogen and oxygen atoms in total. The second-order valence-electron chi connectivity index (χ2n) is 6.91. The van der Waals surface area contributed by atoms with E-state index < -0.39 is 0 Å². The lowest BCUT2D eigenvalue weighted by molar-refractivity contribution is -0.116. The van der Waals surface area contributed by atoms with E-state index in [-0.39, 0.29) is 24.5 Å². The molecule has 31 heavy (non-hydrogen) atoms. The number of benzene rings is 3. The first kappa shape index (κ1) is 21.2. The molecule has 0 aliphatic heterocycles. The van der Waals surface area contributed by atoms with Crippen LogP contribution in [0.1, 0.15) is 23.2 Å². The highest BCUT2D eigenvalue weighted by molar-refractivity contribution is 9.10. The van der Waals surface area contributed by atoms with E-state index in [1.165, 1.54) is 11.3 Å². The fourth-order valence-corrected chi connectivity index (χ4v) is 4.41. The van der Waals surface area contributed by atoms with Gasteiger partial charge in [0, 0.05) is 28.4 Å². The summed E-state index contributed by atoms with van der Waals surface area (Å²) in [5, 5.41) is 3.39. The number of halogens is 1. The Labute approximate surface area is 193 Å². The van der Waals surface area contributed by atoms with Crippen molar-refractivity contribution >= 4 is 44.1 Å². The minimum Gasteiger partial charge on any atom is -0.302 e. The van der Waals surface area contributed by atoms with Gasteiger partial charge in [0.25, 0.3) is 0 Å². The van der Waals surface area contributed by atoms with Crippen LogP contribution in [-0.4, -0.2) is 16.7 Å². The molecule has 3 aromatic carbocycles. The van der Waals surface area contributed by atoms with Gasteiger partial charge in [0.05, 0.1) is 10.6 Å². The van der Waals surface area contributed by atoms with E-state index in [9.17, 15) is 9.59 Å². The Balaban J connectivity index is 1.49. The van der Waals surface area contributed by atoms with Crippen LogP contribution < -0.4 is 5.32 Å². The quantitative estimate of drug-likeness (QED) is 0.288. The number of thiazole rings is 1. The van der Waals surface area contributed by atoms with Crippen LogP contribution >= 0.6 is 27.3 Å². The smallest absolute Gasteiger partial charge is 0.226 e. The number of anilines is 1. The molecule has 6 heteroatoms. The zero-order valence-electron chi connectivity index (χ0n) is 16.5. The van der Waals surface area contributed by atoms with E-state index >= 15 is 0 Å². The van der Waals surface area contributed by atoms with Gasteiger partial charge in [0.2, 0.25) is 5.91 Å². The molecule has 0 spiro atoms. The maximum Gasteiger partial charge on any atom is 0.226 e. The normalized spacial score (nSPS) is 10.6. The first-order valence-electron chi connectivity index (χ1n) is 9.80. The number of rotatable bonds is 7. The Hall–Kier alpha value is -3.09. The van der Waals surface area contributed by atoms with Crippen LogP contribution in [0.4, 0.5) is 5.13 Å². The third-order valence-electron chi connectivity index (χ3n) is 4.70. The van der Waals surface area contributed by atoms with Gasteiger partial charge in [-0.2, -0.15) is 0 Å². The van der Waals surface area contributed by atoms with Gasteiger partial charge in [0.15, 0.2) is 10.9 Å². The van der Waals surface area contributed by atoms with Gasteiger partial charge < -0.3 is 5.32 Å². The SMILES string of the molecule is O=C(CCC(=O)c1ccc(Br)cc1)Nc1nc(-c2ccccc2)c(-c2ccccc2)s1. The van der Waals surface area contributed by atoms with Crippen LogP contribution in [0.5, 0.6) is 0 Å². The van der Waals surface area contributed by atoms with Crippen LogP contribution in [0.15, 0.2) is 89.4 Å². The number of ketones is 1. The van der Waals surface area contributed by atoms with Crippen LogP contribution in [0.3, 0.4) is 0 Å².